The van der Waals surface area contributed by atoms with Crippen LogP contribution in [-0.2, 0) is 4.74 Å². The topological polar surface area (TPSA) is 38.3 Å². The van der Waals surface area contributed by atoms with E-state index in [1.165, 1.54) is 0 Å². The monoisotopic (exact) mass is 263 g/mol. The maximum absolute atomic E-state index is 11.4. The normalized spacial score (nSPS) is 27.4. The first-order valence-corrected chi connectivity index (χ1v) is 5.93. The van der Waals surface area contributed by atoms with Crippen LogP contribution in [0.2, 0.25) is 0 Å². The summed E-state index contributed by atoms with van der Waals surface area (Å²) >= 11 is 3.54. The maximum atomic E-state index is 11.4. The van der Waals surface area contributed by atoms with E-state index in [1.807, 2.05) is 20.8 Å². The highest BCUT2D eigenvalue weighted by Crippen LogP contribution is 2.25. The summed E-state index contributed by atoms with van der Waals surface area (Å²) in [6, 6.07) is 0.227. The molecule has 0 radical (unpaired) electrons. The summed E-state index contributed by atoms with van der Waals surface area (Å²) in [5.74, 6) is 0. The summed E-state index contributed by atoms with van der Waals surface area (Å²) in [6.45, 7) is 5.60. The van der Waals surface area contributed by atoms with Crippen molar-refractivity contribution in [2.75, 3.05) is 0 Å². The average molecular weight is 264 g/mol. The van der Waals surface area contributed by atoms with E-state index in [9.17, 15) is 4.79 Å². The predicted octanol–water partition coefficient (Wildman–Crippen LogP) is 2.83. The molecule has 1 saturated carbocycles. The van der Waals surface area contributed by atoms with E-state index < -0.39 is 5.60 Å². The lowest BCUT2D eigenvalue weighted by molar-refractivity contribution is 0.0507. The van der Waals surface area contributed by atoms with Gasteiger partial charge in [-0.3, -0.25) is 0 Å². The first-order valence-electron chi connectivity index (χ1n) is 5.02. The molecular weight excluding hydrogens is 246 g/mol. The van der Waals surface area contributed by atoms with Crippen molar-refractivity contribution < 1.29 is 9.53 Å². The number of carbonyl (C=O) groups is 1. The summed E-state index contributed by atoms with van der Waals surface area (Å²) in [7, 11) is 0. The Balaban J connectivity index is 2.33. The minimum atomic E-state index is -0.412. The fraction of sp³-hybridized carbons (Fsp3) is 0.900. The SMILES string of the molecule is CC(C)(C)OC(=O)N[C@@H]1CCC[C@H]1Br. The molecule has 0 aromatic heterocycles. The minimum Gasteiger partial charge on any atom is -0.444 e. The van der Waals surface area contributed by atoms with Crippen molar-refractivity contribution in [1.82, 2.24) is 5.32 Å². The Labute approximate surface area is 93.7 Å². The molecule has 0 saturated heterocycles. The van der Waals surface area contributed by atoms with Crippen molar-refractivity contribution in [3.8, 4) is 0 Å². The summed E-state index contributed by atoms with van der Waals surface area (Å²) in [4.78, 5) is 11.8. The molecular formula is C10H18BrNO2. The van der Waals surface area contributed by atoms with Gasteiger partial charge in [0.1, 0.15) is 5.60 Å². The Morgan fingerprint density at radius 1 is 1.43 bits per heavy atom. The molecule has 1 rings (SSSR count). The molecule has 0 aromatic rings. The van der Waals surface area contributed by atoms with Gasteiger partial charge >= 0.3 is 6.09 Å². The largest absolute Gasteiger partial charge is 0.444 e. The molecule has 1 aliphatic rings. The van der Waals surface area contributed by atoms with Crippen LogP contribution in [0.4, 0.5) is 4.79 Å². The van der Waals surface area contributed by atoms with Gasteiger partial charge < -0.3 is 10.1 Å². The number of halogens is 1. The number of hydrogen-bond acceptors (Lipinski definition) is 2. The standard InChI is InChI=1S/C10H18BrNO2/c1-10(2,3)14-9(13)12-8-6-4-5-7(8)11/h7-8H,4-6H2,1-3H3,(H,12,13)/t7-,8-/m1/s1. The van der Waals surface area contributed by atoms with Gasteiger partial charge in [-0.1, -0.05) is 22.4 Å². The van der Waals surface area contributed by atoms with E-state index in [1.54, 1.807) is 0 Å². The molecule has 0 aromatic carbocycles. The molecule has 0 bridgehead atoms. The van der Waals surface area contributed by atoms with Gasteiger partial charge in [0.25, 0.3) is 0 Å². The molecule has 1 amide bonds. The fourth-order valence-corrected chi connectivity index (χ4v) is 2.26. The number of rotatable bonds is 1. The minimum absolute atomic E-state index is 0.227. The van der Waals surface area contributed by atoms with Crippen LogP contribution in [0.3, 0.4) is 0 Å². The van der Waals surface area contributed by atoms with Crippen LogP contribution in [-0.4, -0.2) is 22.6 Å². The highest BCUT2D eigenvalue weighted by molar-refractivity contribution is 9.09. The van der Waals surface area contributed by atoms with Gasteiger partial charge in [-0.15, -0.1) is 0 Å². The first-order chi connectivity index (χ1) is 6.38. The lowest BCUT2D eigenvalue weighted by Crippen LogP contribution is -2.41. The van der Waals surface area contributed by atoms with Crippen LogP contribution >= 0.6 is 15.9 Å². The van der Waals surface area contributed by atoms with Gasteiger partial charge in [0.15, 0.2) is 0 Å². The van der Waals surface area contributed by atoms with Crippen molar-refractivity contribution in [3.05, 3.63) is 0 Å². The molecule has 82 valence electrons. The smallest absolute Gasteiger partial charge is 0.407 e. The number of nitrogens with one attached hydrogen (secondary N) is 1. The van der Waals surface area contributed by atoms with E-state index in [4.69, 9.17) is 4.74 Å². The molecule has 0 spiro atoms. The van der Waals surface area contributed by atoms with Crippen LogP contribution in [0, 0.1) is 0 Å². The van der Waals surface area contributed by atoms with E-state index in [0.29, 0.717) is 4.83 Å². The lowest BCUT2D eigenvalue weighted by Gasteiger charge is -2.22. The number of ether oxygens (including phenoxy) is 1. The average Bonchev–Trinajstić information content (AvgIpc) is 2.32. The highest BCUT2D eigenvalue weighted by Gasteiger charge is 2.27. The molecule has 2 atom stereocenters. The molecule has 0 unspecified atom stereocenters. The fourth-order valence-electron chi connectivity index (χ4n) is 1.54. The molecule has 1 fully saturated rings. The van der Waals surface area contributed by atoms with Gasteiger partial charge in [0.05, 0.1) is 0 Å². The molecule has 3 nitrogen and oxygen atoms in total. The zero-order valence-electron chi connectivity index (χ0n) is 8.97. The number of carbonyl (C=O) groups excluding carboxylic acids is 1. The van der Waals surface area contributed by atoms with Gasteiger partial charge in [-0.25, -0.2) is 4.79 Å². The maximum Gasteiger partial charge on any atom is 0.407 e. The van der Waals surface area contributed by atoms with E-state index in [2.05, 4.69) is 21.2 Å². The lowest BCUT2D eigenvalue weighted by atomic mass is 10.2. The van der Waals surface area contributed by atoms with E-state index in [0.717, 1.165) is 19.3 Å². The quantitative estimate of drug-likeness (QED) is 0.739. The summed E-state index contributed by atoms with van der Waals surface area (Å²) in [5.41, 5.74) is -0.412. The molecule has 4 heteroatoms. The Morgan fingerprint density at radius 3 is 2.50 bits per heavy atom. The summed E-state index contributed by atoms with van der Waals surface area (Å²) in [6.07, 6.45) is 3.01. The second-order valence-electron chi connectivity index (χ2n) is 4.70. The predicted molar refractivity (Wildman–Crippen MR) is 59.7 cm³/mol. The molecule has 1 N–H and O–H groups in total. The van der Waals surface area contributed by atoms with Crippen molar-refractivity contribution in [1.29, 1.82) is 0 Å². The Morgan fingerprint density at radius 2 is 2.07 bits per heavy atom. The Bertz CT molecular complexity index is 213. The first kappa shape index (κ1) is 11.8. The van der Waals surface area contributed by atoms with Gasteiger partial charge in [-0.2, -0.15) is 0 Å². The third kappa shape index (κ3) is 3.86. The van der Waals surface area contributed by atoms with Crippen LogP contribution in [0.5, 0.6) is 0 Å². The van der Waals surface area contributed by atoms with Crippen molar-refractivity contribution in [3.63, 3.8) is 0 Å². The molecule has 0 aliphatic heterocycles. The van der Waals surface area contributed by atoms with Crippen LogP contribution in [0.1, 0.15) is 40.0 Å². The highest BCUT2D eigenvalue weighted by atomic mass is 79.9. The molecule has 0 heterocycles. The summed E-state index contributed by atoms with van der Waals surface area (Å²) in [5, 5.41) is 2.88. The zero-order valence-corrected chi connectivity index (χ0v) is 10.6. The van der Waals surface area contributed by atoms with Crippen LogP contribution < -0.4 is 5.32 Å². The van der Waals surface area contributed by atoms with E-state index in [-0.39, 0.29) is 12.1 Å². The van der Waals surface area contributed by atoms with Crippen LogP contribution in [0.15, 0.2) is 0 Å². The van der Waals surface area contributed by atoms with Gasteiger partial charge in [0, 0.05) is 10.9 Å². The molecule has 14 heavy (non-hydrogen) atoms. The van der Waals surface area contributed by atoms with Gasteiger partial charge in [0.2, 0.25) is 0 Å². The summed E-state index contributed by atoms with van der Waals surface area (Å²) < 4.78 is 5.18. The Kier molecular flexibility index (Phi) is 3.81. The Hall–Kier alpha value is -0.250. The van der Waals surface area contributed by atoms with Crippen molar-refractivity contribution in [2.24, 2.45) is 0 Å². The third-order valence-corrected chi connectivity index (χ3v) is 3.23. The number of hydrogen-bond donors (Lipinski definition) is 1. The molecule has 1 aliphatic carbocycles. The van der Waals surface area contributed by atoms with E-state index >= 15 is 0 Å². The zero-order chi connectivity index (χ0) is 10.8. The number of alkyl halides is 1. The number of alkyl carbamates (subject to hydrolysis) is 1. The second kappa shape index (κ2) is 4.51. The second-order valence-corrected chi connectivity index (χ2v) is 5.88. The van der Waals surface area contributed by atoms with Gasteiger partial charge in [-0.05, 0) is 33.6 Å². The van der Waals surface area contributed by atoms with Crippen LogP contribution in [0.25, 0.3) is 0 Å². The van der Waals surface area contributed by atoms with Crippen molar-refractivity contribution in [2.45, 2.75) is 56.5 Å². The third-order valence-electron chi connectivity index (χ3n) is 2.13. The van der Waals surface area contributed by atoms with Crippen molar-refractivity contribution >= 4 is 22.0 Å². The number of amides is 1.